The number of amides is 1. The van der Waals surface area contributed by atoms with Crippen molar-refractivity contribution in [3.63, 3.8) is 0 Å². The number of benzene rings is 1. The molecule has 2 heterocycles. The second-order valence-electron chi connectivity index (χ2n) is 7.23. The monoisotopic (exact) mass is 352 g/mol. The highest BCUT2D eigenvalue weighted by atomic mass is 35.5. The van der Waals surface area contributed by atoms with E-state index < -0.39 is 5.41 Å². The first-order valence-corrected chi connectivity index (χ1v) is 9.32. The number of halogens is 2. The van der Waals surface area contributed by atoms with Crippen molar-refractivity contribution < 1.29 is 4.79 Å². The molecule has 3 nitrogen and oxygen atoms in total. The summed E-state index contributed by atoms with van der Waals surface area (Å²) < 4.78 is 0. The van der Waals surface area contributed by atoms with Crippen LogP contribution in [0.3, 0.4) is 0 Å². The van der Waals surface area contributed by atoms with Crippen molar-refractivity contribution in [2.45, 2.75) is 31.1 Å². The number of rotatable bonds is 2. The molecule has 0 bridgehead atoms. The molecule has 1 aromatic carbocycles. The molecule has 5 heteroatoms. The molecule has 3 fully saturated rings. The molecule has 0 radical (unpaired) electrons. The Morgan fingerprint density at radius 3 is 2.17 bits per heavy atom. The number of carbonyl (C=O) groups excluding carboxylic acids is 1. The van der Waals surface area contributed by atoms with E-state index in [1.54, 1.807) is 0 Å². The molecule has 0 spiro atoms. The maximum atomic E-state index is 13.3. The molecule has 23 heavy (non-hydrogen) atoms. The molecule has 1 aliphatic carbocycles. The summed E-state index contributed by atoms with van der Waals surface area (Å²) in [6.45, 7) is 3.94. The molecule has 1 aromatic rings. The third-order valence-corrected chi connectivity index (χ3v) is 6.54. The Bertz CT molecular complexity index is 595. The van der Waals surface area contributed by atoms with Gasteiger partial charge < -0.3 is 10.2 Å². The second kappa shape index (κ2) is 5.94. The van der Waals surface area contributed by atoms with Gasteiger partial charge in [0.2, 0.25) is 5.91 Å². The zero-order chi connectivity index (χ0) is 16.0. The molecule has 2 aliphatic heterocycles. The summed E-state index contributed by atoms with van der Waals surface area (Å²) in [5, 5.41) is 4.73. The van der Waals surface area contributed by atoms with Crippen LogP contribution < -0.4 is 5.32 Å². The first-order chi connectivity index (χ1) is 11.1. The Kier molecular flexibility index (Phi) is 4.07. The minimum absolute atomic E-state index is 0.237. The predicted molar refractivity (Wildman–Crippen MR) is 93.0 cm³/mol. The standard InChI is InChI=1S/C18H22Cl2N2O/c19-14-2-1-3-15(20)16(14)18(6-7-18)17(23)22-8-4-12-10-21-11-13(12)5-9-22/h1-3,12-13,21H,4-11H2/t12-,13+. The highest BCUT2D eigenvalue weighted by Gasteiger charge is 2.55. The molecule has 124 valence electrons. The predicted octanol–water partition coefficient (Wildman–Crippen LogP) is 3.48. The van der Waals surface area contributed by atoms with Gasteiger partial charge in [-0.1, -0.05) is 29.3 Å². The average molecular weight is 353 g/mol. The summed E-state index contributed by atoms with van der Waals surface area (Å²) >= 11 is 12.8. The summed E-state index contributed by atoms with van der Waals surface area (Å²) in [6.07, 6.45) is 3.94. The molecule has 1 saturated carbocycles. The van der Waals surface area contributed by atoms with Crippen molar-refractivity contribution in [3.8, 4) is 0 Å². The van der Waals surface area contributed by atoms with Crippen LogP contribution in [0.4, 0.5) is 0 Å². The molecular weight excluding hydrogens is 331 g/mol. The van der Waals surface area contributed by atoms with Crippen molar-refractivity contribution >= 4 is 29.1 Å². The van der Waals surface area contributed by atoms with Gasteiger partial charge in [-0.15, -0.1) is 0 Å². The minimum Gasteiger partial charge on any atom is -0.342 e. The SMILES string of the molecule is O=C(N1CC[C@@H]2CNC[C@@H]2CC1)C1(c2c(Cl)cccc2Cl)CC1. The van der Waals surface area contributed by atoms with Gasteiger partial charge in [0.05, 0.1) is 5.41 Å². The van der Waals surface area contributed by atoms with Gasteiger partial charge in [-0.25, -0.2) is 0 Å². The second-order valence-corrected chi connectivity index (χ2v) is 8.04. The van der Waals surface area contributed by atoms with Crippen LogP contribution in [0.2, 0.25) is 10.0 Å². The van der Waals surface area contributed by atoms with E-state index in [9.17, 15) is 4.79 Å². The van der Waals surface area contributed by atoms with Crippen LogP contribution in [-0.2, 0) is 10.2 Å². The van der Waals surface area contributed by atoms with Gasteiger partial charge in [0.25, 0.3) is 0 Å². The molecule has 2 saturated heterocycles. The zero-order valence-corrected chi connectivity index (χ0v) is 14.7. The van der Waals surface area contributed by atoms with Crippen LogP contribution in [0.1, 0.15) is 31.2 Å². The highest BCUT2D eigenvalue weighted by molar-refractivity contribution is 6.36. The van der Waals surface area contributed by atoms with Crippen molar-refractivity contribution in [1.29, 1.82) is 0 Å². The van der Waals surface area contributed by atoms with E-state index in [-0.39, 0.29) is 5.91 Å². The van der Waals surface area contributed by atoms with E-state index in [0.717, 1.165) is 69.3 Å². The number of fused-ring (bicyclic) bond motifs is 1. The average Bonchev–Trinajstić information content (AvgIpc) is 3.25. The van der Waals surface area contributed by atoms with Crippen molar-refractivity contribution in [1.82, 2.24) is 10.2 Å². The summed E-state index contributed by atoms with van der Waals surface area (Å²) in [4.78, 5) is 15.3. The maximum Gasteiger partial charge on any atom is 0.233 e. The van der Waals surface area contributed by atoms with Gasteiger partial charge >= 0.3 is 0 Å². The van der Waals surface area contributed by atoms with Gasteiger partial charge in [-0.05, 0) is 62.7 Å². The topological polar surface area (TPSA) is 32.3 Å². The van der Waals surface area contributed by atoms with Crippen molar-refractivity contribution in [2.75, 3.05) is 26.2 Å². The van der Waals surface area contributed by atoms with E-state index in [0.29, 0.717) is 10.0 Å². The number of nitrogens with zero attached hydrogens (tertiary/aromatic N) is 1. The number of likely N-dealkylation sites (tertiary alicyclic amines) is 1. The van der Waals surface area contributed by atoms with Gasteiger partial charge in [0.15, 0.2) is 0 Å². The van der Waals surface area contributed by atoms with E-state index in [2.05, 4.69) is 10.2 Å². The lowest BCUT2D eigenvalue weighted by Gasteiger charge is -2.27. The maximum absolute atomic E-state index is 13.3. The summed E-state index contributed by atoms with van der Waals surface area (Å²) in [7, 11) is 0. The minimum atomic E-state index is -0.465. The largest absolute Gasteiger partial charge is 0.342 e. The van der Waals surface area contributed by atoms with Crippen LogP contribution >= 0.6 is 23.2 Å². The third kappa shape index (κ3) is 2.67. The third-order valence-electron chi connectivity index (χ3n) is 5.91. The Hall–Kier alpha value is -0.770. The number of carbonyl (C=O) groups is 1. The molecule has 4 rings (SSSR count). The fourth-order valence-electron chi connectivity index (χ4n) is 4.37. The number of hydrogen-bond donors (Lipinski definition) is 1. The Morgan fingerprint density at radius 1 is 1.09 bits per heavy atom. The summed E-state index contributed by atoms with van der Waals surface area (Å²) in [5.41, 5.74) is 0.382. The lowest BCUT2D eigenvalue weighted by Crippen LogP contribution is -2.40. The normalized spacial score (nSPS) is 29.0. The smallest absolute Gasteiger partial charge is 0.233 e. The van der Waals surface area contributed by atoms with Crippen LogP contribution in [0.5, 0.6) is 0 Å². The number of nitrogens with one attached hydrogen (secondary N) is 1. The van der Waals surface area contributed by atoms with Gasteiger partial charge in [-0.3, -0.25) is 4.79 Å². The quantitative estimate of drug-likeness (QED) is 0.883. The van der Waals surface area contributed by atoms with E-state index in [1.165, 1.54) is 0 Å². The van der Waals surface area contributed by atoms with Crippen LogP contribution in [0.25, 0.3) is 0 Å². The molecule has 3 aliphatic rings. The lowest BCUT2D eigenvalue weighted by molar-refractivity contribution is -0.134. The summed E-state index contributed by atoms with van der Waals surface area (Å²) in [6, 6.07) is 5.53. The van der Waals surface area contributed by atoms with Gasteiger partial charge in [-0.2, -0.15) is 0 Å². The van der Waals surface area contributed by atoms with Crippen LogP contribution in [0, 0.1) is 11.8 Å². The summed E-state index contributed by atoms with van der Waals surface area (Å²) in [5.74, 6) is 1.69. The molecule has 0 unspecified atom stereocenters. The molecule has 1 N–H and O–H groups in total. The van der Waals surface area contributed by atoms with E-state index >= 15 is 0 Å². The Labute approximate surface area is 147 Å². The zero-order valence-electron chi connectivity index (χ0n) is 13.2. The highest BCUT2D eigenvalue weighted by Crippen LogP contribution is 2.54. The Morgan fingerprint density at radius 2 is 1.65 bits per heavy atom. The molecular formula is C18H22Cl2N2O. The first kappa shape index (κ1) is 15.7. The lowest BCUT2D eigenvalue weighted by atomic mass is 9.92. The van der Waals surface area contributed by atoms with Crippen molar-refractivity contribution in [2.24, 2.45) is 11.8 Å². The van der Waals surface area contributed by atoms with E-state index in [4.69, 9.17) is 23.2 Å². The van der Waals surface area contributed by atoms with Crippen LogP contribution in [-0.4, -0.2) is 37.0 Å². The van der Waals surface area contributed by atoms with Crippen LogP contribution in [0.15, 0.2) is 18.2 Å². The Balaban J connectivity index is 1.57. The first-order valence-electron chi connectivity index (χ1n) is 8.56. The fourth-order valence-corrected chi connectivity index (χ4v) is 5.13. The van der Waals surface area contributed by atoms with Gasteiger partial charge in [0, 0.05) is 28.7 Å². The molecule has 0 aromatic heterocycles. The number of hydrogen-bond acceptors (Lipinski definition) is 2. The fraction of sp³-hybridized carbons (Fsp3) is 0.611. The molecule has 1 amide bonds. The van der Waals surface area contributed by atoms with Crippen molar-refractivity contribution in [3.05, 3.63) is 33.8 Å². The molecule has 2 atom stereocenters. The van der Waals surface area contributed by atoms with E-state index in [1.807, 2.05) is 18.2 Å². The van der Waals surface area contributed by atoms with Gasteiger partial charge in [0.1, 0.15) is 0 Å².